The van der Waals surface area contributed by atoms with Gasteiger partial charge in [0.15, 0.2) is 0 Å². The second kappa shape index (κ2) is 8.98. The highest BCUT2D eigenvalue weighted by Crippen LogP contribution is 2.20. The Morgan fingerprint density at radius 3 is 1.82 bits per heavy atom. The third-order valence-electron chi connectivity index (χ3n) is 4.14. The molecular formula is C20H20O8. The van der Waals surface area contributed by atoms with Crippen LogP contribution < -0.4 is 0 Å². The van der Waals surface area contributed by atoms with Crippen LogP contribution >= 0.6 is 0 Å². The van der Waals surface area contributed by atoms with Gasteiger partial charge in [-0.05, 0) is 38.8 Å². The molecule has 0 heterocycles. The number of benzene rings is 1. The summed E-state index contributed by atoms with van der Waals surface area (Å²) in [5, 5.41) is 18.7. The molecule has 0 radical (unpaired) electrons. The van der Waals surface area contributed by atoms with E-state index in [1.807, 2.05) is 6.92 Å². The Morgan fingerprint density at radius 1 is 0.821 bits per heavy atom. The Hall–Kier alpha value is -3.42. The van der Waals surface area contributed by atoms with E-state index in [-0.39, 0.29) is 11.1 Å². The van der Waals surface area contributed by atoms with Gasteiger partial charge in [0.2, 0.25) is 12.2 Å². The van der Waals surface area contributed by atoms with Crippen LogP contribution in [0.1, 0.15) is 35.7 Å². The van der Waals surface area contributed by atoms with Crippen LogP contribution in [0.2, 0.25) is 0 Å². The van der Waals surface area contributed by atoms with Crippen molar-refractivity contribution in [2.45, 2.75) is 38.9 Å². The van der Waals surface area contributed by atoms with Gasteiger partial charge in [-0.2, -0.15) is 0 Å². The van der Waals surface area contributed by atoms with Gasteiger partial charge in [-0.3, -0.25) is 0 Å². The van der Waals surface area contributed by atoms with Gasteiger partial charge < -0.3 is 19.7 Å². The quantitative estimate of drug-likeness (QED) is 0.681. The molecule has 2 rings (SSSR count). The third kappa shape index (κ3) is 5.29. The fourth-order valence-corrected chi connectivity index (χ4v) is 2.46. The monoisotopic (exact) mass is 388 g/mol. The van der Waals surface area contributed by atoms with Crippen molar-refractivity contribution in [3.63, 3.8) is 0 Å². The summed E-state index contributed by atoms with van der Waals surface area (Å²) in [7, 11) is 0. The van der Waals surface area contributed by atoms with E-state index < -0.39 is 36.1 Å². The van der Waals surface area contributed by atoms with Crippen molar-refractivity contribution >= 4 is 23.9 Å². The highest BCUT2D eigenvalue weighted by molar-refractivity contribution is 5.95. The summed E-state index contributed by atoms with van der Waals surface area (Å²) in [5.41, 5.74) is 2.17. The first kappa shape index (κ1) is 20.9. The standard InChI is InChI=1S/C20H20O8/c1-11-3-7-13(8-4-11)19(25)27-15(17(21)22)16(18(23)24)28-20(26)14-9-5-12(2)6-10-14/h3-5,7-9,15-16H,6,10H2,1-2H3,(H,21,22)(H,23,24)/t15-,16-/m0/s1. The lowest BCUT2D eigenvalue weighted by molar-refractivity contribution is -0.177. The SMILES string of the molecule is CC1=CC=C(C(=O)O[C@H](C(=O)O)[C@H](OC(=O)c2ccc(C)cc2)C(=O)O)CC1. The molecule has 148 valence electrons. The molecule has 1 aromatic rings. The predicted molar refractivity (Wildman–Crippen MR) is 96.6 cm³/mol. The van der Waals surface area contributed by atoms with E-state index in [9.17, 15) is 29.4 Å². The zero-order valence-corrected chi connectivity index (χ0v) is 15.4. The molecule has 8 heteroatoms. The lowest BCUT2D eigenvalue weighted by Gasteiger charge is -2.22. The number of ether oxygens (including phenoxy) is 2. The summed E-state index contributed by atoms with van der Waals surface area (Å²) in [6, 6.07) is 6.07. The van der Waals surface area contributed by atoms with Gasteiger partial charge >= 0.3 is 23.9 Å². The first-order valence-electron chi connectivity index (χ1n) is 8.49. The van der Waals surface area contributed by atoms with Crippen LogP contribution in [0, 0.1) is 6.92 Å². The molecule has 28 heavy (non-hydrogen) atoms. The number of aryl methyl sites for hydroxylation is 1. The maximum absolute atomic E-state index is 12.2. The van der Waals surface area contributed by atoms with Gasteiger partial charge in [0.25, 0.3) is 0 Å². The Morgan fingerprint density at radius 2 is 1.36 bits per heavy atom. The van der Waals surface area contributed by atoms with Crippen molar-refractivity contribution in [3.8, 4) is 0 Å². The van der Waals surface area contributed by atoms with Gasteiger partial charge in [0.1, 0.15) is 0 Å². The van der Waals surface area contributed by atoms with Crippen molar-refractivity contribution in [1.29, 1.82) is 0 Å². The molecule has 0 saturated heterocycles. The number of carboxylic acids is 2. The molecule has 0 saturated carbocycles. The molecule has 0 amide bonds. The minimum absolute atomic E-state index is 0.0444. The van der Waals surface area contributed by atoms with E-state index in [2.05, 4.69) is 0 Å². The molecule has 0 bridgehead atoms. The fraction of sp³-hybridized carbons (Fsp3) is 0.300. The second-order valence-corrected chi connectivity index (χ2v) is 6.40. The van der Waals surface area contributed by atoms with Crippen molar-refractivity contribution in [1.82, 2.24) is 0 Å². The van der Waals surface area contributed by atoms with Crippen LogP contribution in [0.25, 0.3) is 0 Å². The Bertz CT molecular complexity index is 847. The molecule has 1 aliphatic carbocycles. The van der Waals surface area contributed by atoms with Crippen molar-refractivity contribution < 1.29 is 38.9 Å². The van der Waals surface area contributed by atoms with Crippen LogP contribution in [-0.4, -0.2) is 46.3 Å². The normalized spacial score (nSPS) is 15.5. The lowest BCUT2D eigenvalue weighted by Crippen LogP contribution is -2.46. The Balaban J connectivity index is 2.18. The molecule has 2 N–H and O–H groups in total. The van der Waals surface area contributed by atoms with E-state index in [0.717, 1.165) is 11.1 Å². The molecule has 1 aliphatic rings. The maximum atomic E-state index is 12.2. The van der Waals surface area contributed by atoms with Crippen molar-refractivity contribution in [3.05, 3.63) is 58.7 Å². The van der Waals surface area contributed by atoms with Crippen molar-refractivity contribution in [2.75, 3.05) is 0 Å². The second-order valence-electron chi connectivity index (χ2n) is 6.40. The minimum Gasteiger partial charge on any atom is -0.478 e. The third-order valence-corrected chi connectivity index (χ3v) is 4.14. The maximum Gasteiger partial charge on any atom is 0.349 e. The summed E-state index contributed by atoms with van der Waals surface area (Å²) in [6.45, 7) is 3.68. The molecule has 0 aliphatic heterocycles. The van der Waals surface area contributed by atoms with Gasteiger partial charge in [-0.15, -0.1) is 0 Å². The van der Waals surface area contributed by atoms with E-state index in [1.165, 1.54) is 18.2 Å². The molecular weight excluding hydrogens is 368 g/mol. The minimum atomic E-state index is -2.20. The largest absolute Gasteiger partial charge is 0.478 e. The number of hydrogen-bond acceptors (Lipinski definition) is 6. The summed E-state index contributed by atoms with van der Waals surface area (Å²) in [6.07, 6.45) is -0.252. The molecule has 1 aromatic carbocycles. The van der Waals surface area contributed by atoms with Gasteiger partial charge in [-0.1, -0.05) is 35.4 Å². The van der Waals surface area contributed by atoms with E-state index in [1.54, 1.807) is 25.1 Å². The van der Waals surface area contributed by atoms with E-state index >= 15 is 0 Å². The highest BCUT2D eigenvalue weighted by atomic mass is 16.6. The number of rotatable bonds is 7. The zero-order valence-electron chi connectivity index (χ0n) is 15.4. The molecule has 0 aromatic heterocycles. The van der Waals surface area contributed by atoms with Gasteiger partial charge in [0.05, 0.1) is 5.56 Å². The summed E-state index contributed by atoms with van der Waals surface area (Å²) >= 11 is 0. The average Bonchev–Trinajstić information content (AvgIpc) is 2.64. The molecule has 2 atom stereocenters. The number of aliphatic carboxylic acids is 2. The van der Waals surface area contributed by atoms with Crippen molar-refractivity contribution in [2.24, 2.45) is 0 Å². The summed E-state index contributed by atoms with van der Waals surface area (Å²) in [4.78, 5) is 47.4. The molecule has 8 nitrogen and oxygen atoms in total. The molecule has 0 spiro atoms. The van der Waals surface area contributed by atoms with E-state index in [0.29, 0.717) is 12.8 Å². The molecule has 0 unspecified atom stereocenters. The van der Waals surface area contributed by atoms with Crippen LogP contribution in [0.4, 0.5) is 0 Å². The van der Waals surface area contributed by atoms with Crippen LogP contribution in [0.5, 0.6) is 0 Å². The van der Waals surface area contributed by atoms with E-state index in [4.69, 9.17) is 9.47 Å². The number of esters is 2. The van der Waals surface area contributed by atoms with Gasteiger partial charge in [0, 0.05) is 5.57 Å². The van der Waals surface area contributed by atoms with Crippen LogP contribution in [-0.2, 0) is 23.9 Å². The number of carbonyl (C=O) groups excluding carboxylic acids is 2. The average molecular weight is 388 g/mol. The summed E-state index contributed by atoms with van der Waals surface area (Å²) in [5.74, 6) is -5.48. The van der Waals surface area contributed by atoms with Crippen LogP contribution in [0.3, 0.4) is 0 Å². The Labute approximate surface area is 161 Å². The number of carboxylic acid groups (broad SMARTS) is 2. The Kier molecular flexibility index (Phi) is 6.70. The first-order chi connectivity index (χ1) is 13.2. The number of carbonyl (C=O) groups is 4. The highest BCUT2D eigenvalue weighted by Gasteiger charge is 2.41. The zero-order chi connectivity index (χ0) is 20.8. The predicted octanol–water partition coefficient (Wildman–Crippen LogP) is 2.27. The summed E-state index contributed by atoms with van der Waals surface area (Å²) < 4.78 is 9.71. The lowest BCUT2D eigenvalue weighted by atomic mass is 10.00. The van der Waals surface area contributed by atoms with Crippen LogP contribution in [0.15, 0.2) is 47.6 Å². The topological polar surface area (TPSA) is 127 Å². The van der Waals surface area contributed by atoms with Gasteiger partial charge in [-0.25, -0.2) is 19.2 Å². The number of allylic oxidation sites excluding steroid dienone is 3. The number of hydrogen-bond donors (Lipinski definition) is 2. The fourth-order valence-electron chi connectivity index (χ4n) is 2.46. The first-order valence-corrected chi connectivity index (χ1v) is 8.49. The smallest absolute Gasteiger partial charge is 0.349 e. The molecule has 0 fully saturated rings.